The van der Waals surface area contributed by atoms with E-state index in [4.69, 9.17) is 14.0 Å². The lowest BCUT2D eigenvalue weighted by Gasteiger charge is -2.32. The molecule has 1 aliphatic heterocycles. The van der Waals surface area contributed by atoms with Crippen molar-refractivity contribution >= 4 is 18.7 Å². The first kappa shape index (κ1) is 20.8. The number of benzene rings is 1. The highest BCUT2D eigenvalue weighted by molar-refractivity contribution is 6.62. The summed E-state index contributed by atoms with van der Waals surface area (Å²) in [6.07, 6.45) is -0.417. The Hall–Kier alpha value is -1.53. The van der Waals surface area contributed by atoms with Crippen LogP contribution in [0.5, 0.6) is 0 Å². The summed E-state index contributed by atoms with van der Waals surface area (Å²) in [5.41, 5.74) is 1.84. The van der Waals surface area contributed by atoms with Crippen LogP contribution < -0.4 is 10.8 Å². The topological polar surface area (TPSA) is 56.8 Å². The zero-order valence-corrected chi connectivity index (χ0v) is 17.5. The van der Waals surface area contributed by atoms with E-state index < -0.39 is 11.7 Å². The summed E-state index contributed by atoms with van der Waals surface area (Å²) in [4.78, 5) is 12.0. The van der Waals surface area contributed by atoms with Crippen LogP contribution in [0.2, 0.25) is 0 Å². The van der Waals surface area contributed by atoms with E-state index in [9.17, 15) is 4.79 Å². The lowest BCUT2D eigenvalue weighted by Crippen LogP contribution is -2.41. The maximum absolute atomic E-state index is 12.0. The molecule has 0 radical (unpaired) electrons. The van der Waals surface area contributed by atoms with Gasteiger partial charge in [-0.15, -0.1) is 0 Å². The minimum atomic E-state index is -0.514. The average molecular weight is 361 g/mol. The van der Waals surface area contributed by atoms with Crippen molar-refractivity contribution in [1.82, 2.24) is 5.32 Å². The Labute approximate surface area is 157 Å². The van der Waals surface area contributed by atoms with Crippen molar-refractivity contribution in [1.29, 1.82) is 0 Å². The van der Waals surface area contributed by atoms with E-state index in [1.807, 2.05) is 74.4 Å². The van der Waals surface area contributed by atoms with Crippen LogP contribution in [-0.4, -0.2) is 30.0 Å². The molecular formula is C20H32BNO4. The highest BCUT2D eigenvalue weighted by Crippen LogP contribution is 2.36. The van der Waals surface area contributed by atoms with Crippen molar-refractivity contribution in [3.05, 3.63) is 29.3 Å². The summed E-state index contributed by atoms with van der Waals surface area (Å²) in [5.74, 6) is 0. The van der Waals surface area contributed by atoms with Gasteiger partial charge in [-0.2, -0.15) is 0 Å². The van der Waals surface area contributed by atoms with Crippen molar-refractivity contribution in [3.8, 4) is 0 Å². The smallest absolute Gasteiger partial charge is 0.444 e. The Morgan fingerprint density at radius 2 is 1.69 bits per heavy atom. The predicted molar refractivity (Wildman–Crippen MR) is 105 cm³/mol. The van der Waals surface area contributed by atoms with Gasteiger partial charge in [0, 0.05) is 0 Å². The van der Waals surface area contributed by atoms with Gasteiger partial charge in [0.25, 0.3) is 0 Å². The maximum Gasteiger partial charge on any atom is 0.494 e. The lowest BCUT2D eigenvalue weighted by molar-refractivity contribution is 0.00578. The minimum Gasteiger partial charge on any atom is -0.444 e. The van der Waals surface area contributed by atoms with Gasteiger partial charge in [-0.05, 0) is 78.9 Å². The molecule has 1 fully saturated rings. The molecule has 0 spiro atoms. The van der Waals surface area contributed by atoms with Crippen molar-refractivity contribution in [2.75, 3.05) is 0 Å². The molecule has 0 unspecified atom stereocenters. The van der Waals surface area contributed by atoms with E-state index in [0.29, 0.717) is 0 Å². The van der Waals surface area contributed by atoms with Gasteiger partial charge in [-0.1, -0.05) is 18.2 Å². The van der Waals surface area contributed by atoms with Gasteiger partial charge < -0.3 is 19.4 Å². The zero-order valence-electron chi connectivity index (χ0n) is 17.5. The number of rotatable bonds is 3. The predicted octanol–water partition coefficient (Wildman–Crippen LogP) is 3.88. The summed E-state index contributed by atoms with van der Waals surface area (Å²) < 4.78 is 17.6. The zero-order chi connectivity index (χ0) is 19.9. The maximum atomic E-state index is 12.0. The summed E-state index contributed by atoms with van der Waals surface area (Å²) in [6, 6.07) is 5.91. The van der Waals surface area contributed by atoms with Crippen LogP contribution >= 0.6 is 0 Å². The Morgan fingerprint density at radius 3 is 2.15 bits per heavy atom. The second-order valence-electron chi connectivity index (χ2n) is 9.07. The fraction of sp³-hybridized carbons (Fsp3) is 0.650. The van der Waals surface area contributed by atoms with E-state index in [-0.39, 0.29) is 24.4 Å². The standard InChI is InChI=1S/C20H32BNO4/c1-13-12-15(21-25-19(6,7)20(8,9)26-21)10-11-16(13)14(2)22-17(23)24-18(3,4)5/h10-12,14H,1-9H3,(H,22,23)/t14-/m1/s1. The lowest BCUT2D eigenvalue weighted by atomic mass is 9.77. The molecular weight excluding hydrogens is 329 g/mol. The third-order valence-electron chi connectivity index (χ3n) is 5.02. The van der Waals surface area contributed by atoms with Crippen molar-refractivity contribution in [2.24, 2.45) is 0 Å². The molecule has 1 amide bonds. The Kier molecular flexibility index (Phi) is 5.51. The number of hydrogen-bond acceptors (Lipinski definition) is 4. The number of alkyl carbamates (subject to hydrolysis) is 1. The number of hydrogen-bond donors (Lipinski definition) is 1. The molecule has 1 aliphatic rings. The first-order valence-electron chi connectivity index (χ1n) is 9.17. The Morgan fingerprint density at radius 1 is 1.15 bits per heavy atom. The van der Waals surface area contributed by atoms with E-state index in [1.165, 1.54) is 0 Å². The molecule has 0 aliphatic carbocycles. The van der Waals surface area contributed by atoms with E-state index >= 15 is 0 Å². The summed E-state index contributed by atoms with van der Waals surface area (Å²) in [6.45, 7) is 17.7. The van der Waals surface area contributed by atoms with Gasteiger partial charge in [-0.3, -0.25) is 0 Å². The van der Waals surface area contributed by atoms with Crippen LogP contribution in [0.3, 0.4) is 0 Å². The Bertz CT molecular complexity index is 663. The summed E-state index contributed by atoms with van der Waals surface area (Å²) in [5, 5.41) is 2.89. The molecule has 2 rings (SSSR count). The number of aryl methyl sites for hydroxylation is 1. The van der Waals surface area contributed by atoms with E-state index in [2.05, 4.69) is 11.4 Å². The van der Waals surface area contributed by atoms with Crippen LogP contribution in [0.4, 0.5) is 4.79 Å². The second kappa shape index (κ2) is 6.89. The highest BCUT2D eigenvalue weighted by Gasteiger charge is 2.51. The fourth-order valence-corrected chi connectivity index (χ4v) is 2.87. The van der Waals surface area contributed by atoms with Crippen molar-refractivity contribution < 1.29 is 18.8 Å². The van der Waals surface area contributed by atoms with Crippen LogP contribution in [0.1, 0.15) is 72.6 Å². The molecule has 0 aromatic heterocycles. The number of amides is 1. The molecule has 1 N–H and O–H groups in total. The van der Waals surface area contributed by atoms with Crippen LogP contribution in [0.25, 0.3) is 0 Å². The molecule has 1 atom stereocenters. The molecule has 1 saturated heterocycles. The van der Waals surface area contributed by atoms with Gasteiger partial charge in [0.1, 0.15) is 5.60 Å². The molecule has 5 nitrogen and oxygen atoms in total. The summed E-state index contributed by atoms with van der Waals surface area (Å²) in [7, 11) is -0.387. The second-order valence-corrected chi connectivity index (χ2v) is 9.07. The molecule has 26 heavy (non-hydrogen) atoms. The third kappa shape index (κ3) is 4.60. The monoisotopic (exact) mass is 361 g/mol. The first-order valence-corrected chi connectivity index (χ1v) is 9.17. The van der Waals surface area contributed by atoms with E-state index in [1.54, 1.807) is 0 Å². The van der Waals surface area contributed by atoms with Crippen LogP contribution in [0, 0.1) is 6.92 Å². The van der Waals surface area contributed by atoms with Gasteiger partial charge in [0.05, 0.1) is 17.2 Å². The van der Waals surface area contributed by atoms with Crippen molar-refractivity contribution in [3.63, 3.8) is 0 Å². The molecule has 1 heterocycles. The average Bonchev–Trinajstić information content (AvgIpc) is 2.64. The minimum absolute atomic E-state index is 0.155. The van der Waals surface area contributed by atoms with Gasteiger partial charge >= 0.3 is 13.2 Å². The van der Waals surface area contributed by atoms with Crippen molar-refractivity contribution in [2.45, 2.75) is 85.2 Å². The van der Waals surface area contributed by atoms with Crippen LogP contribution in [-0.2, 0) is 14.0 Å². The molecule has 1 aromatic rings. The number of nitrogens with one attached hydrogen (secondary N) is 1. The molecule has 6 heteroatoms. The molecule has 0 saturated carbocycles. The van der Waals surface area contributed by atoms with Crippen LogP contribution in [0.15, 0.2) is 18.2 Å². The largest absolute Gasteiger partial charge is 0.494 e. The SMILES string of the molecule is Cc1cc(B2OC(C)(C)C(C)(C)O2)ccc1[C@@H](C)NC(=O)OC(C)(C)C. The number of carbonyl (C=O) groups is 1. The molecule has 1 aromatic carbocycles. The van der Waals surface area contributed by atoms with E-state index in [0.717, 1.165) is 16.6 Å². The Balaban J connectivity index is 2.11. The van der Waals surface area contributed by atoms with Gasteiger partial charge in [0.2, 0.25) is 0 Å². The molecule has 0 bridgehead atoms. The van der Waals surface area contributed by atoms with Gasteiger partial charge in [0.15, 0.2) is 0 Å². The summed E-state index contributed by atoms with van der Waals surface area (Å²) >= 11 is 0. The number of ether oxygens (including phenoxy) is 1. The number of carbonyl (C=O) groups excluding carboxylic acids is 1. The fourth-order valence-electron chi connectivity index (χ4n) is 2.87. The molecule has 144 valence electrons. The normalized spacial score (nSPS) is 20.0. The highest BCUT2D eigenvalue weighted by atomic mass is 16.7. The first-order chi connectivity index (χ1) is 11.7. The third-order valence-corrected chi connectivity index (χ3v) is 5.02. The quantitative estimate of drug-likeness (QED) is 0.830. The van der Waals surface area contributed by atoms with Gasteiger partial charge in [-0.25, -0.2) is 4.79 Å².